The largest absolute Gasteiger partial charge is 0.478 e. The first-order chi connectivity index (χ1) is 8.92. The van der Waals surface area contributed by atoms with Gasteiger partial charge in [0.2, 0.25) is 5.88 Å². The normalized spacial score (nSPS) is 11.6. The minimum atomic E-state index is 0.305. The first kappa shape index (κ1) is 16.0. The molecule has 1 heterocycles. The van der Waals surface area contributed by atoms with E-state index in [2.05, 4.69) is 44.1 Å². The van der Waals surface area contributed by atoms with Crippen LogP contribution in [0.3, 0.4) is 0 Å². The zero-order chi connectivity index (χ0) is 14.3. The SMILES string of the molecule is CCCNCc1ccc(OCCC(C)(C)C)nc1C. The highest BCUT2D eigenvalue weighted by molar-refractivity contribution is 5.24. The number of nitrogens with one attached hydrogen (secondary N) is 1. The van der Waals surface area contributed by atoms with Gasteiger partial charge in [-0.05, 0) is 37.3 Å². The van der Waals surface area contributed by atoms with E-state index in [9.17, 15) is 0 Å². The molecule has 0 saturated heterocycles. The molecule has 1 N–H and O–H groups in total. The van der Waals surface area contributed by atoms with Crippen LogP contribution in [0, 0.1) is 12.3 Å². The maximum absolute atomic E-state index is 5.71. The lowest BCUT2D eigenvalue weighted by Gasteiger charge is -2.18. The Bertz CT molecular complexity index is 383. The number of aromatic nitrogens is 1. The maximum atomic E-state index is 5.71. The number of ether oxygens (including phenoxy) is 1. The zero-order valence-electron chi connectivity index (χ0n) is 13.0. The fraction of sp³-hybridized carbons (Fsp3) is 0.688. The molecule has 3 nitrogen and oxygen atoms in total. The highest BCUT2D eigenvalue weighted by Gasteiger charge is 2.10. The fourth-order valence-corrected chi connectivity index (χ4v) is 1.70. The van der Waals surface area contributed by atoms with Crippen LogP contribution in [0.25, 0.3) is 0 Å². The number of rotatable bonds is 7. The van der Waals surface area contributed by atoms with Crippen molar-refractivity contribution in [3.05, 3.63) is 23.4 Å². The quantitative estimate of drug-likeness (QED) is 0.762. The van der Waals surface area contributed by atoms with Crippen molar-refractivity contribution >= 4 is 0 Å². The molecule has 0 atom stereocenters. The van der Waals surface area contributed by atoms with Gasteiger partial charge in [0.05, 0.1) is 6.61 Å². The molecule has 0 unspecified atom stereocenters. The number of aryl methyl sites for hydroxylation is 1. The van der Waals surface area contributed by atoms with Gasteiger partial charge >= 0.3 is 0 Å². The number of hydrogen-bond donors (Lipinski definition) is 1. The number of pyridine rings is 1. The van der Waals surface area contributed by atoms with Crippen LogP contribution in [-0.2, 0) is 6.54 Å². The van der Waals surface area contributed by atoms with Gasteiger partial charge in [-0.2, -0.15) is 0 Å². The third-order valence-electron chi connectivity index (χ3n) is 3.01. The molecule has 0 aliphatic heterocycles. The number of hydrogen-bond acceptors (Lipinski definition) is 3. The highest BCUT2D eigenvalue weighted by atomic mass is 16.5. The minimum Gasteiger partial charge on any atom is -0.478 e. The molecule has 1 aromatic rings. The van der Waals surface area contributed by atoms with Crippen molar-refractivity contribution in [2.24, 2.45) is 5.41 Å². The second-order valence-corrected chi connectivity index (χ2v) is 6.23. The molecule has 1 aromatic heterocycles. The molecule has 0 aliphatic rings. The molecule has 0 fully saturated rings. The van der Waals surface area contributed by atoms with Gasteiger partial charge in [0.25, 0.3) is 0 Å². The summed E-state index contributed by atoms with van der Waals surface area (Å²) < 4.78 is 5.71. The Morgan fingerprint density at radius 3 is 2.58 bits per heavy atom. The van der Waals surface area contributed by atoms with E-state index < -0.39 is 0 Å². The van der Waals surface area contributed by atoms with Crippen molar-refractivity contribution in [3.8, 4) is 5.88 Å². The molecule has 3 heteroatoms. The Hall–Kier alpha value is -1.09. The summed E-state index contributed by atoms with van der Waals surface area (Å²) in [6, 6.07) is 4.08. The Kier molecular flexibility index (Phi) is 6.29. The minimum absolute atomic E-state index is 0.305. The van der Waals surface area contributed by atoms with E-state index >= 15 is 0 Å². The van der Waals surface area contributed by atoms with Gasteiger partial charge in [0.15, 0.2) is 0 Å². The molecule has 0 amide bonds. The van der Waals surface area contributed by atoms with Crippen LogP contribution in [0.4, 0.5) is 0 Å². The van der Waals surface area contributed by atoms with Crippen molar-refractivity contribution in [1.82, 2.24) is 10.3 Å². The highest BCUT2D eigenvalue weighted by Crippen LogP contribution is 2.19. The third-order valence-corrected chi connectivity index (χ3v) is 3.01. The second-order valence-electron chi connectivity index (χ2n) is 6.23. The van der Waals surface area contributed by atoms with Gasteiger partial charge in [-0.1, -0.05) is 33.8 Å². The summed E-state index contributed by atoms with van der Waals surface area (Å²) in [4.78, 5) is 4.51. The van der Waals surface area contributed by atoms with Crippen molar-refractivity contribution in [3.63, 3.8) is 0 Å². The average molecular weight is 264 g/mol. The van der Waals surface area contributed by atoms with E-state index in [0.717, 1.165) is 44.1 Å². The molecular weight excluding hydrogens is 236 g/mol. The number of nitrogens with zero attached hydrogens (tertiary/aromatic N) is 1. The Balaban J connectivity index is 2.47. The van der Waals surface area contributed by atoms with E-state index in [1.165, 1.54) is 5.56 Å². The van der Waals surface area contributed by atoms with Gasteiger partial charge < -0.3 is 10.1 Å². The van der Waals surface area contributed by atoms with Crippen LogP contribution in [0.5, 0.6) is 5.88 Å². The van der Waals surface area contributed by atoms with Gasteiger partial charge in [-0.3, -0.25) is 0 Å². The van der Waals surface area contributed by atoms with E-state index in [4.69, 9.17) is 4.74 Å². The molecule has 0 aliphatic carbocycles. The summed E-state index contributed by atoms with van der Waals surface area (Å²) in [5.41, 5.74) is 2.60. The standard InChI is InChI=1S/C16H28N2O/c1-6-10-17-12-14-7-8-15(18-13(14)2)19-11-9-16(3,4)5/h7-8,17H,6,9-12H2,1-5H3. The predicted octanol–water partition coefficient (Wildman–Crippen LogP) is 3.70. The lowest BCUT2D eigenvalue weighted by Crippen LogP contribution is -2.15. The van der Waals surface area contributed by atoms with Crippen molar-refractivity contribution in [2.45, 2.75) is 54.0 Å². The Morgan fingerprint density at radius 1 is 1.26 bits per heavy atom. The molecule has 1 rings (SSSR count). The molecule has 108 valence electrons. The Labute approximate surface area is 117 Å². The molecular formula is C16H28N2O. The van der Waals surface area contributed by atoms with E-state index in [1.807, 2.05) is 13.0 Å². The summed E-state index contributed by atoms with van der Waals surface area (Å²) in [6.45, 7) is 13.5. The average Bonchev–Trinajstić information content (AvgIpc) is 2.30. The predicted molar refractivity (Wildman–Crippen MR) is 80.5 cm³/mol. The van der Waals surface area contributed by atoms with Crippen LogP contribution in [0.15, 0.2) is 12.1 Å². The monoisotopic (exact) mass is 264 g/mol. The van der Waals surface area contributed by atoms with Crippen molar-refractivity contribution in [2.75, 3.05) is 13.2 Å². The summed E-state index contributed by atoms with van der Waals surface area (Å²) in [5.74, 6) is 0.737. The lowest BCUT2D eigenvalue weighted by molar-refractivity contribution is 0.236. The van der Waals surface area contributed by atoms with Crippen molar-refractivity contribution in [1.29, 1.82) is 0 Å². The molecule has 0 spiro atoms. The summed E-state index contributed by atoms with van der Waals surface area (Å²) in [7, 11) is 0. The molecule has 0 radical (unpaired) electrons. The van der Waals surface area contributed by atoms with E-state index in [-0.39, 0.29) is 0 Å². The van der Waals surface area contributed by atoms with E-state index in [1.54, 1.807) is 0 Å². The fourth-order valence-electron chi connectivity index (χ4n) is 1.70. The topological polar surface area (TPSA) is 34.1 Å². The summed E-state index contributed by atoms with van der Waals surface area (Å²) in [6.07, 6.45) is 2.19. The zero-order valence-corrected chi connectivity index (χ0v) is 13.0. The van der Waals surface area contributed by atoms with Crippen LogP contribution < -0.4 is 10.1 Å². The van der Waals surface area contributed by atoms with Gasteiger partial charge in [-0.15, -0.1) is 0 Å². The van der Waals surface area contributed by atoms with Crippen molar-refractivity contribution < 1.29 is 4.74 Å². The third kappa shape index (κ3) is 6.58. The second kappa shape index (κ2) is 7.49. The van der Waals surface area contributed by atoms with Crippen LogP contribution in [-0.4, -0.2) is 18.1 Å². The van der Waals surface area contributed by atoms with Crippen LogP contribution in [0.2, 0.25) is 0 Å². The molecule has 19 heavy (non-hydrogen) atoms. The Morgan fingerprint density at radius 2 is 2.00 bits per heavy atom. The maximum Gasteiger partial charge on any atom is 0.213 e. The first-order valence-electron chi connectivity index (χ1n) is 7.22. The van der Waals surface area contributed by atoms with Gasteiger partial charge in [-0.25, -0.2) is 4.98 Å². The summed E-state index contributed by atoms with van der Waals surface area (Å²) in [5, 5.41) is 3.39. The molecule has 0 bridgehead atoms. The molecule has 0 aromatic carbocycles. The van der Waals surface area contributed by atoms with Crippen LogP contribution >= 0.6 is 0 Å². The first-order valence-corrected chi connectivity index (χ1v) is 7.22. The smallest absolute Gasteiger partial charge is 0.213 e. The lowest BCUT2D eigenvalue weighted by atomic mass is 9.93. The van der Waals surface area contributed by atoms with Crippen LogP contribution in [0.1, 0.15) is 51.8 Å². The van der Waals surface area contributed by atoms with E-state index in [0.29, 0.717) is 5.41 Å². The van der Waals surface area contributed by atoms with Gasteiger partial charge in [0.1, 0.15) is 0 Å². The summed E-state index contributed by atoms with van der Waals surface area (Å²) >= 11 is 0. The van der Waals surface area contributed by atoms with Gasteiger partial charge in [0, 0.05) is 18.3 Å². The molecule has 0 saturated carbocycles.